The van der Waals surface area contributed by atoms with E-state index in [2.05, 4.69) is 15.5 Å². The van der Waals surface area contributed by atoms with Crippen LogP contribution in [-0.2, 0) is 6.54 Å². The molecule has 0 atom stereocenters. The molecule has 3 rings (SSSR count). The van der Waals surface area contributed by atoms with E-state index in [0.717, 1.165) is 5.56 Å². The molecular weight excluding hydrogens is 316 g/mol. The molecular formula is C16H13ClN4O2. The number of benzene rings is 2. The molecule has 1 amide bonds. The normalized spacial score (nSPS) is 10.5. The number of para-hydroxylation sites is 1. The molecule has 6 nitrogen and oxygen atoms in total. The summed E-state index contributed by atoms with van der Waals surface area (Å²) in [5.74, 6) is 0.269. The Bertz CT molecular complexity index is 847. The number of aromatic nitrogens is 2. The Balaban J connectivity index is 1.74. The summed E-state index contributed by atoms with van der Waals surface area (Å²) in [5, 5.41) is 11.6. The van der Waals surface area contributed by atoms with Crippen LogP contribution in [0.1, 0.15) is 16.2 Å². The van der Waals surface area contributed by atoms with E-state index in [1.54, 1.807) is 36.4 Å². The van der Waals surface area contributed by atoms with Gasteiger partial charge in [0, 0.05) is 16.3 Å². The van der Waals surface area contributed by atoms with Crippen molar-refractivity contribution in [1.82, 2.24) is 10.2 Å². The lowest BCUT2D eigenvalue weighted by molar-refractivity contribution is 0.100. The maximum absolute atomic E-state index is 11.4. The van der Waals surface area contributed by atoms with Crippen LogP contribution in [0.15, 0.2) is 52.9 Å². The van der Waals surface area contributed by atoms with Crippen LogP contribution in [-0.4, -0.2) is 16.1 Å². The molecule has 1 aromatic heterocycles. The molecule has 1 heterocycles. The number of carbonyl (C=O) groups excluding carboxylic acids is 1. The molecule has 0 unspecified atom stereocenters. The molecule has 0 fully saturated rings. The first-order valence-electron chi connectivity index (χ1n) is 6.84. The van der Waals surface area contributed by atoms with Crippen molar-refractivity contribution < 1.29 is 9.21 Å². The van der Waals surface area contributed by atoms with Crippen molar-refractivity contribution in [3.8, 4) is 11.5 Å². The molecule has 0 aliphatic rings. The molecule has 0 saturated carbocycles. The van der Waals surface area contributed by atoms with Crippen molar-refractivity contribution in [3.05, 3.63) is 65.0 Å². The second kappa shape index (κ2) is 6.50. The van der Waals surface area contributed by atoms with Crippen molar-refractivity contribution >= 4 is 23.2 Å². The fourth-order valence-corrected chi connectivity index (χ4v) is 2.28. The highest BCUT2D eigenvalue weighted by Gasteiger charge is 2.11. The molecule has 0 aliphatic heterocycles. The molecule has 3 N–H and O–H groups in total. The summed E-state index contributed by atoms with van der Waals surface area (Å²) in [7, 11) is 0. The number of nitrogens with zero attached hydrogens (tertiary/aromatic N) is 2. The van der Waals surface area contributed by atoms with E-state index in [-0.39, 0.29) is 6.54 Å². The van der Waals surface area contributed by atoms with Gasteiger partial charge in [-0.3, -0.25) is 4.79 Å². The molecule has 0 spiro atoms. The molecule has 116 valence electrons. The van der Waals surface area contributed by atoms with Crippen LogP contribution in [0.5, 0.6) is 0 Å². The van der Waals surface area contributed by atoms with E-state index < -0.39 is 5.91 Å². The zero-order chi connectivity index (χ0) is 16.2. The van der Waals surface area contributed by atoms with E-state index in [1.165, 1.54) is 0 Å². The Labute approximate surface area is 137 Å². The molecule has 0 radical (unpaired) electrons. The highest BCUT2D eigenvalue weighted by Crippen LogP contribution is 2.22. The number of hydrogen-bond acceptors (Lipinski definition) is 5. The van der Waals surface area contributed by atoms with Gasteiger partial charge in [-0.2, -0.15) is 0 Å². The fraction of sp³-hybridized carbons (Fsp3) is 0.0625. The minimum atomic E-state index is -0.502. The third kappa shape index (κ3) is 3.49. The lowest BCUT2D eigenvalue weighted by atomic mass is 10.1. The number of anilines is 1. The van der Waals surface area contributed by atoms with Gasteiger partial charge in [0.15, 0.2) is 0 Å². The predicted molar refractivity (Wildman–Crippen MR) is 87.0 cm³/mol. The summed E-state index contributed by atoms with van der Waals surface area (Å²) in [6, 6.07) is 14.1. The van der Waals surface area contributed by atoms with Crippen LogP contribution in [0.25, 0.3) is 11.5 Å². The van der Waals surface area contributed by atoms with E-state index in [9.17, 15) is 4.79 Å². The Morgan fingerprint density at radius 3 is 2.78 bits per heavy atom. The lowest BCUT2D eigenvalue weighted by Gasteiger charge is -2.07. The second-order valence-corrected chi connectivity index (χ2v) is 5.21. The summed E-state index contributed by atoms with van der Waals surface area (Å²) in [6.45, 7) is 0.276. The van der Waals surface area contributed by atoms with Gasteiger partial charge in [-0.05, 0) is 30.3 Å². The highest BCUT2D eigenvalue weighted by atomic mass is 35.5. The monoisotopic (exact) mass is 328 g/mol. The standard InChI is InChI=1S/C16H13ClN4O2/c17-11-5-3-4-10(8-11)16-21-20-14(23-16)9-19-13-7-2-1-6-12(13)15(18)22/h1-8,19H,9H2,(H2,18,22). The number of halogens is 1. The first kappa shape index (κ1) is 15.1. The zero-order valence-electron chi connectivity index (χ0n) is 12.0. The number of rotatable bonds is 5. The number of carbonyl (C=O) groups is 1. The first-order valence-corrected chi connectivity index (χ1v) is 7.22. The molecule has 0 saturated heterocycles. The van der Waals surface area contributed by atoms with Crippen LogP contribution in [0, 0.1) is 0 Å². The maximum Gasteiger partial charge on any atom is 0.250 e. The molecule has 3 aromatic rings. The second-order valence-electron chi connectivity index (χ2n) is 4.77. The van der Waals surface area contributed by atoms with Gasteiger partial charge in [-0.15, -0.1) is 10.2 Å². The van der Waals surface area contributed by atoms with Crippen LogP contribution in [0.2, 0.25) is 5.02 Å². The largest absolute Gasteiger partial charge is 0.419 e. The van der Waals surface area contributed by atoms with Crippen molar-refractivity contribution in [3.63, 3.8) is 0 Å². The van der Waals surface area contributed by atoms with Crippen molar-refractivity contribution in [2.24, 2.45) is 5.73 Å². The molecule has 0 bridgehead atoms. The van der Waals surface area contributed by atoms with E-state index in [4.69, 9.17) is 21.8 Å². The van der Waals surface area contributed by atoms with Crippen molar-refractivity contribution in [2.45, 2.75) is 6.54 Å². The zero-order valence-corrected chi connectivity index (χ0v) is 12.7. The third-order valence-corrected chi connectivity index (χ3v) is 3.40. The number of hydrogen-bond donors (Lipinski definition) is 2. The molecule has 23 heavy (non-hydrogen) atoms. The number of amides is 1. The van der Waals surface area contributed by atoms with Crippen LogP contribution in [0.4, 0.5) is 5.69 Å². The topological polar surface area (TPSA) is 94.0 Å². The summed E-state index contributed by atoms with van der Waals surface area (Å²) >= 11 is 5.94. The third-order valence-electron chi connectivity index (χ3n) is 3.16. The SMILES string of the molecule is NC(=O)c1ccccc1NCc1nnc(-c2cccc(Cl)c2)o1. The van der Waals surface area contributed by atoms with E-state index in [0.29, 0.717) is 28.1 Å². The predicted octanol–water partition coefficient (Wildman–Crippen LogP) is 3.10. The fourth-order valence-electron chi connectivity index (χ4n) is 2.09. The van der Waals surface area contributed by atoms with Gasteiger partial charge in [0.2, 0.25) is 11.8 Å². The van der Waals surface area contributed by atoms with Gasteiger partial charge in [-0.1, -0.05) is 29.8 Å². The molecule has 7 heteroatoms. The summed E-state index contributed by atoms with van der Waals surface area (Å²) < 4.78 is 5.59. The highest BCUT2D eigenvalue weighted by molar-refractivity contribution is 6.30. The van der Waals surface area contributed by atoms with E-state index >= 15 is 0 Å². The maximum atomic E-state index is 11.4. The molecule has 0 aliphatic carbocycles. The Kier molecular flexibility index (Phi) is 4.25. The lowest BCUT2D eigenvalue weighted by Crippen LogP contribution is -2.14. The van der Waals surface area contributed by atoms with Gasteiger partial charge in [0.1, 0.15) is 0 Å². The van der Waals surface area contributed by atoms with Crippen molar-refractivity contribution in [2.75, 3.05) is 5.32 Å². The number of primary amides is 1. The minimum Gasteiger partial charge on any atom is -0.419 e. The smallest absolute Gasteiger partial charge is 0.250 e. The number of nitrogens with two attached hydrogens (primary N) is 1. The van der Waals surface area contributed by atoms with Gasteiger partial charge < -0.3 is 15.5 Å². The summed E-state index contributed by atoms with van der Waals surface area (Å²) in [4.78, 5) is 11.4. The Morgan fingerprint density at radius 2 is 2.00 bits per heavy atom. The Morgan fingerprint density at radius 1 is 1.17 bits per heavy atom. The van der Waals surface area contributed by atoms with Crippen LogP contribution >= 0.6 is 11.6 Å². The Hall–Kier alpha value is -2.86. The van der Waals surface area contributed by atoms with Crippen molar-refractivity contribution in [1.29, 1.82) is 0 Å². The minimum absolute atomic E-state index is 0.276. The van der Waals surface area contributed by atoms with Gasteiger partial charge >= 0.3 is 0 Å². The average Bonchev–Trinajstić information content (AvgIpc) is 3.02. The van der Waals surface area contributed by atoms with Crippen LogP contribution in [0.3, 0.4) is 0 Å². The summed E-state index contributed by atoms with van der Waals surface area (Å²) in [6.07, 6.45) is 0. The number of nitrogens with one attached hydrogen (secondary N) is 1. The first-order chi connectivity index (χ1) is 11.1. The van der Waals surface area contributed by atoms with Gasteiger partial charge in [-0.25, -0.2) is 0 Å². The average molecular weight is 329 g/mol. The van der Waals surface area contributed by atoms with Crippen LogP contribution < -0.4 is 11.1 Å². The molecule has 2 aromatic carbocycles. The van der Waals surface area contributed by atoms with E-state index in [1.807, 2.05) is 12.1 Å². The van der Waals surface area contributed by atoms with Gasteiger partial charge in [0.05, 0.1) is 12.1 Å². The summed E-state index contributed by atoms with van der Waals surface area (Å²) in [5.41, 5.74) is 7.10. The van der Waals surface area contributed by atoms with Gasteiger partial charge in [0.25, 0.3) is 5.91 Å². The quantitative estimate of drug-likeness (QED) is 0.750.